The number of aryl methyl sites for hydroxylation is 1. The molecule has 0 aliphatic heterocycles. The van der Waals surface area contributed by atoms with E-state index in [4.69, 9.17) is 11.6 Å². The number of aromatic nitrogens is 2. The molecule has 0 spiro atoms. The maximum absolute atomic E-state index is 13.9. The van der Waals surface area contributed by atoms with Gasteiger partial charge >= 0.3 is 0 Å². The van der Waals surface area contributed by atoms with E-state index in [2.05, 4.69) is 10.3 Å². The summed E-state index contributed by atoms with van der Waals surface area (Å²) in [7, 11) is 0. The van der Waals surface area contributed by atoms with Gasteiger partial charge in [-0.15, -0.1) is 0 Å². The van der Waals surface area contributed by atoms with Crippen molar-refractivity contribution < 1.29 is 9.18 Å². The number of fused-ring (bicyclic) bond motifs is 1. The third-order valence-electron chi connectivity index (χ3n) is 4.78. The molecule has 1 heterocycles. The monoisotopic (exact) mass is 421 g/mol. The molecule has 0 aliphatic carbocycles. The lowest BCUT2D eigenvalue weighted by Crippen LogP contribution is -2.24. The molecule has 0 atom stereocenters. The molecule has 7 heteroatoms. The first kappa shape index (κ1) is 19.8. The largest absolute Gasteiger partial charge is 0.322 e. The first-order chi connectivity index (χ1) is 14.4. The molecule has 1 N–H and O–H groups in total. The Balaban J connectivity index is 1.69. The fourth-order valence-electron chi connectivity index (χ4n) is 3.21. The summed E-state index contributed by atoms with van der Waals surface area (Å²) in [4.78, 5) is 30.0. The van der Waals surface area contributed by atoms with Gasteiger partial charge in [-0.1, -0.05) is 35.9 Å². The number of hydrogen-bond acceptors (Lipinski definition) is 3. The number of halogens is 2. The lowest BCUT2D eigenvalue weighted by Gasteiger charge is -2.12. The molecule has 5 nitrogen and oxygen atoms in total. The first-order valence-electron chi connectivity index (χ1n) is 9.24. The zero-order valence-electron chi connectivity index (χ0n) is 16.0. The van der Waals surface area contributed by atoms with Gasteiger partial charge in [-0.05, 0) is 55.0 Å². The number of amides is 1. The van der Waals surface area contributed by atoms with E-state index >= 15 is 0 Å². The Kier molecular flexibility index (Phi) is 5.33. The van der Waals surface area contributed by atoms with Gasteiger partial charge < -0.3 is 5.32 Å². The second kappa shape index (κ2) is 8.08. The quantitative estimate of drug-likeness (QED) is 0.515. The second-order valence-electron chi connectivity index (χ2n) is 6.84. The topological polar surface area (TPSA) is 64.0 Å². The van der Waals surface area contributed by atoms with Crippen molar-refractivity contribution in [2.75, 3.05) is 5.32 Å². The van der Waals surface area contributed by atoms with Gasteiger partial charge in [0.05, 0.1) is 23.0 Å². The minimum absolute atomic E-state index is 0.0697. The number of carbonyl (C=O) groups excluding carboxylic acids is 1. The van der Waals surface area contributed by atoms with Crippen molar-refractivity contribution in [1.29, 1.82) is 0 Å². The molecule has 0 unspecified atom stereocenters. The van der Waals surface area contributed by atoms with Gasteiger partial charge in [0, 0.05) is 10.7 Å². The van der Waals surface area contributed by atoms with Crippen LogP contribution in [-0.4, -0.2) is 15.5 Å². The van der Waals surface area contributed by atoms with E-state index < -0.39 is 11.7 Å². The lowest BCUT2D eigenvalue weighted by molar-refractivity contribution is 0.102. The molecule has 30 heavy (non-hydrogen) atoms. The Bertz CT molecular complexity index is 1320. The van der Waals surface area contributed by atoms with Crippen molar-refractivity contribution in [2.24, 2.45) is 0 Å². The molecule has 0 radical (unpaired) electrons. The molecule has 150 valence electrons. The first-order valence-corrected chi connectivity index (χ1v) is 9.62. The van der Waals surface area contributed by atoms with Crippen LogP contribution in [0.15, 0.2) is 71.5 Å². The highest BCUT2D eigenvalue weighted by Gasteiger charge is 2.13. The van der Waals surface area contributed by atoms with Gasteiger partial charge in [0.1, 0.15) is 11.6 Å². The van der Waals surface area contributed by atoms with E-state index in [0.29, 0.717) is 34.0 Å². The van der Waals surface area contributed by atoms with E-state index in [1.807, 2.05) is 12.1 Å². The van der Waals surface area contributed by atoms with E-state index in [1.54, 1.807) is 47.9 Å². The lowest BCUT2D eigenvalue weighted by atomic mass is 10.1. The third kappa shape index (κ3) is 3.95. The van der Waals surface area contributed by atoms with E-state index in [0.717, 1.165) is 5.56 Å². The molecule has 0 aliphatic rings. The molecule has 3 aromatic carbocycles. The van der Waals surface area contributed by atoms with Crippen LogP contribution in [0.3, 0.4) is 0 Å². The van der Waals surface area contributed by atoms with Gasteiger partial charge in [-0.25, -0.2) is 9.37 Å². The summed E-state index contributed by atoms with van der Waals surface area (Å²) < 4.78 is 15.4. The van der Waals surface area contributed by atoms with Crippen molar-refractivity contribution >= 4 is 34.1 Å². The summed E-state index contributed by atoms with van der Waals surface area (Å²) in [5.74, 6) is -0.627. The van der Waals surface area contributed by atoms with Crippen LogP contribution >= 0.6 is 11.6 Å². The fourth-order valence-corrected chi connectivity index (χ4v) is 3.34. The van der Waals surface area contributed by atoms with Gasteiger partial charge in [-0.2, -0.15) is 0 Å². The number of anilines is 1. The van der Waals surface area contributed by atoms with Crippen LogP contribution in [0, 0.1) is 12.7 Å². The summed E-state index contributed by atoms with van der Waals surface area (Å²) >= 11 is 5.93. The van der Waals surface area contributed by atoms with Gasteiger partial charge in [-0.3, -0.25) is 14.2 Å². The van der Waals surface area contributed by atoms with Crippen molar-refractivity contribution in [1.82, 2.24) is 9.55 Å². The highest BCUT2D eigenvalue weighted by atomic mass is 35.5. The molecule has 4 rings (SSSR count). The van der Waals surface area contributed by atoms with Crippen LogP contribution in [0.2, 0.25) is 5.02 Å². The summed E-state index contributed by atoms with van der Waals surface area (Å²) in [5.41, 5.74) is 1.52. The number of nitrogens with zero attached hydrogens (tertiary/aromatic N) is 2. The minimum atomic E-state index is -0.613. The maximum atomic E-state index is 13.9. The Morgan fingerprint density at radius 1 is 1.10 bits per heavy atom. The molecule has 1 amide bonds. The molecular weight excluding hydrogens is 405 g/mol. The van der Waals surface area contributed by atoms with Crippen molar-refractivity contribution in [2.45, 2.75) is 13.5 Å². The molecule has 0 saturated carbocycles. The van der Waals surface area contributed by atoms with Gasteiger partial charge in [0.2, 0.25) is 0 Å². The van der Waals surface area contributed by atoms with Crippen LogP contribution in [0.4, 0.5) is 10.1 Å². The maximum Gasteiger partial charge on any atom is 0.261 e. The van der Waals surface area contributed by atoms with Crippen molar-refractivity contribution in [3.05, 3.63) is 105 Å². The fraction of sp³-hybridized carbons (Fsp3) is 0.0870. The Labute approximate surface area is 176 Å². The average Bonchev–Trinajstić information content (AvgIpc) is 2.73. The summed E-state index contributed by atoms with van der Waals surface area (Å²) in [5, 5.41) is 3.62. The Morgan fingerprint density at radius 2 is 1.83 bits per heavy atom. The third-order valence-corrected chi connectivity index (χ3v) is 5.03. The number of carbonyl (C=O) groups is 1. The van der Waals surface area contributed by atoms with Crippen LogP contribution in [-0.2, 0) is 6.54 Å². The highest BCUT2D eigenvalue weighted by Crippen LogP contribution is 2.18. The molecule has 4 aromatic rings. The van der Waals surface area contributed by atoms with Crippen LogP contribution < -0.4 is 10.9 Å². The zero-order chi connectivity index (χ0) is 21.3. The predicted octanol–water partition coefficient (Wildman–Crippen LogP) is 4.80. The summed E-state index contributed by atoms with van der Waals surface area (Å²) in [6.45, 7) is 2.11. The number of benzene rings is 3. The van der Waals surface area contributed by atoms with E-state index in [1.165, 1.54) is 18.2 Å². The van der Waals surface area contributed by atoms with Crippen molar-refractivity contribution in [3.63, 3.8) is 0 Å². The minimum Gasteiger partial charge on any atom is -0.322 e. The average molecular weight is 422 g/mol. The van der Waals surface area contributed by atoms with E-state index in [-0.39, 0.29) is 11.1 Å². The second-order valence-corrected chi connectivity index (χ2v) is 7.28. The Hall–Kier alpha value is -3.51. The van der Waals surface area contributed by atoms with E-state index in [9.17, 15) is 14.0 Å². The zero-order valence-corrected chi connectivity index (χ0v) is 16.8. The molecule has 0 bridgehead atoms. The highest BCUT2D eigenvalue weighted by molar-refractivity contribution is 6.30. The standard InChI is InChI=1S/C23H17ClFN3O2/c1-14-26-21-11-10-17(27-22(29)18-4-2-3-5-20(18)25)12-19(21)23(30)28(14)13-15-6-8-16(24)9-7-15/h2-12H,13H2,1H3,(H,27,29). The predicted molar refractivity (Wildman–Crippen MR) is 116 cm³/mol. The Morgan fingerprint density at radius 3 is 2.57 bits per heavy atom. The van der Waals surface area contributed by atoms with Gasteiger partial charge in [0.25, 0.3) is 11.5 Å². The normalized spacial score (nSPS) is 10.9. The number of rotatable bonds is 4. The smallest absolute Gasteiger partial charge is 0.261 e. The molecule has 0 saturated heterocycles. The molecular formula is C23H17ClFN3O2. The van der Waals surface area contributed by atoms with Gasteiger partial charge in [0.15, 0.2) is 0 Å². The van der Waals surface area contributed by atoms with Crippen LogP contribution in [0.25, 0.3) is 10.9 Å². The SMILES string of the molecule is Cc1nc2ccc(NC(=O)c3ccccc3F)cc2c(=O)n1Cc1ccc(Cl)cc1. The summed E-state index contributed by atoms with van der Waals surface area (Å²) in [6, 6.07) is 17.8. The number of nitrogens with one attached hydrogen (secondary N) is 1. The molecule has 0 fully saturated rings. The summed E-state index contributed by atoms with van der Waals surface area (Å²) in [6.07, 6.45) is 0. The van der Waals surface area contributed by atoms with Crippen LogP contribution in [0.1, 0.15) is 21.7 Å². The number of hydrogen-bond donors (Lipinski definition) is 1. The molecule has 1 aromatic heterocycles. The van der Waals surface area contributed by atoms with Crippen molar-refractivity contribution in [3.8, 4) is 0 Å². The van der Waals surface area contributed by atoms with Crippen LogP contribution in [0.5, 0.6) is 0 Å².